The van der Waals surface area contributed by atoms with E-state index in [-0.39, 0.29) is 11.4 Å². The number of nitrogens with zero attached hydrogens (tertiary/aromatic N) is 4. The summed E-state index contributed by atoms with van der Waals surface area (Å²) in [5.41, 5.74) is -5.48. The molecule has 0 bridgehead atoms. The van der Waals surface area contributed by atoms with Crippen LogP contribution in [0.2, 0.25) is 0 Å². The molecule has 0 unspecified atom stereocenters. The molecule has 0 radical (unpaired) electrons. The molecule has 14 aromatic carbocycles. The first-order chi connectivity index (χ1) is 43.1. The Labute approximate surface area is 502 Å². The lowest BCUT2D eigenvalue weighted by Gasteiger charge is -2.38. The van der Waals surface area contributed by atoms with E-state index in [1.54, 1.807) is 24.3 Å². The van der Waals surface area contributed by atoms with Gasteiger partial charge in [0.05, 0.1) is 45.0 Å². The van der Waals surface area contributed by atoms with Crippen molar-refractivity contribution < 1.29 is 45.5 Å². The number of fused-ring (bicyclic) bond motifs is 2. The third-order valence-corrected chi connectivity index (χ3v) is 17.7. The van der Waals surface area contributed by atoms with Gasteiger partial charge in [0.25, 0.3) is 23.6 Å². The Bertz CT molecular complexity index is 4920. The lowest BCUT2D eigenvalue weighted by Crippen LogP contribution is -2.55. The zero-order valence-corrected chi connectivity index (χ0v) is 46.4. The van der Waals surface area contributed by atoms with E-state index in [0.29, 0.717) is 35.6 Å². The second kappa shape index (κ2) is 19.3. The van der Waals surface area contributed by atoms with E-state index >= 15 is 26.3 Å². The maximum Gasteiger partial charge on any atom is 0.411 e. The maximum absolute atomic E-state index is 16.0. The SMILES string of the molecule is O=C1c2ccc(C(c3ccc4c(c3)C(=O)N(c3ccc(N(c5ccccc5)c5ccc6ccc7cccc8ccc5c6c78)cc3)C4=O)(C(F)(F)F)C(F)(F)F)cc2C(=O)N1c1ccc(N(c2ccccc2)c2ccc3ccc4cccc5ccc2c3c45)cc1. The molecular weight excluding hydrogens is 1130 g/mol. The summed E-state index contributed by atoms with van der Waals surface area (Å²) in [7, 11) is 0. The fraction of sp³-hybridized carbons (Fsp3) is 0.0400. The van der Waals surface area contributed by atoms with E-state index in [9.17, 15) is 19.2 Å². The molecule has 14 aromatic rings. The molecule has 0 N–H and O–H groups in total. The number of para-hydroxylation sites is 2. The smallest absolute Gasteiger partial charge is 0.310 e. The zero-order chi connectivity index (χ0) is 60.8. The first-order valence-corrected chi connectivity index (χ1v) is 28.5. The van der Waals surface area contributed by atoms with Crippen LogP contribution in [0.5, 0.6) is 0 Å². The summed E-state index contributed by atoms with van der Waals surface area (Å²) < 4.78 is 96.0. The van der Waals surface area contributed by atoms with E-state index in [2.05, 4.69) is 72.8 Å². The molecular formula is C75H42F6N4O4. The highest BCUT2D eigenvalue weighted by Gasteiger charge is 2.73. The molecule has 0 atom stereocenters. The van der Waals surface area contributed by atoms with Crippen molar-refractivity contribution in [2.75, 3.05) is 19.6 Å². The number of rotatable bonds is 10. The Morgan fingerprint density at radius 3 is 0.955 bits per heavy atom. The minimum absolute atomic E-state index is 0.0149. The van der Waals surface area contributed by atoms with Crippen LogP contribution in [0.1, 0.15) is 52.6 Å². The van der Waals surface area contributed by atoms with Crippen LogP contribution in [-0.2, 0) is 5.41 Å². The van der Waals surface area contributed by atoms with Crippen LogP contribution in [0.15, 0.2) is 255 Å². The Balaban J connectivity index is 0.723. The molecule has 2 heterocycles. The highest BCUT2D eigenvalue weighted by molar-refractivity contribution is 6.36. The van der Waals surface area contributed by atoms with Gasteiger partial charge in [0.15, 0.2) is 0 Å². The van der Waals surface area contributed by atoms with Gasteiger partial charge in [-0.3, -0.25) is 19.2 Å². The van der Waals surface area contributed by atoms with Crippen LogP contribution in [-0.4, -0.2) is 36.0 Å². The molecule has 428 valence electrons. The van der Waals surface area contributed by atoms with Gasteiger partial charge < -0.3 is 9.80 Å². The Morgan fingerprint density at radius 1 is 0.281 bits per heavy atom. The number of hydrogen-bond acceptors (Lipinski definition) is 6. The van der Waals surface area contributed by atoms with Crippen LogP contribution < -0.4 is 19.6 Å². The number of alkyl halides is 6. The molecule has 89 heavy (non-hydrogen) atoms. The van der Waals surface area contributed by atoms with E-state index in [0.717, 1.165) is 109 Å². The van der Waals surface area contributed by atoms with Gasteiger partial charge in [0.2, 0.25) is 5.41 Å². The number of carbonyl (C=O) groups excluding carboxylic acids is 4. The van der Waals surface area contributed by atoms with E-state index in [1.807, 2.05) is 107 Å². The van der Waals surface area contributed by atoms with Crippen LogP contribution in [0, 0.1) is 0 Å². The summed E-state index contributed by atoms with van der Waals surface area (Å²) >= 11 is 0. The molecule has 0 saturated carbocycles. The number of imide groups is 2. The topological polar surface area (TPSA) is 81.2 Å². The third kappa shape index (κ3) is 7.75. The predicted molar refractivity (Wildman–Crippen MR) is 338 cm³/mol. The van der Waals surface area contributed by atoms with Gasteiger partial charge in [0.1, 0.15) is 0 Å². The molecule has 8 nitrogen and oxygen atoms in total. The van der Waals surface area contributed by atoms with E-state index < -0.39 is 74.8 Å². The van der Waals surface area contributed by atoms with E-state index in [1.165, 1.54) is 24.3 Å². The predicted octanol–water partition coefficient (Wildman–Crippen LogP) is 19.4. The molecule has 0 spiro atoms. The lowest BCUT2D eigenvalue weighted by atomic mass is 9.71. The number of halogens is 6. The number of hydrogen-bond donors (Lipinski definition) is 0. The molecule has 0 aromatic heterocycles. The number of benzene rings is 14. The fourth-order valence-corrected chi connectivity index (χ4v) is 13.7. The highest BCUT2D eigenvalue weighted by Crippen LogP contribution is 2.58. The summed E-state index contributed by atoms with van der Waals surface area (Å²) in [5.74, 6) is -4.22. The van der Waals surface area contributed by atoms with Gasteiger partial charge in [-0.1, -0.05) is 146 Å². The van der Waals surface area contributed by atoms with Crippen LogP contribution in [0.3, 0.4) is 0 Å². The van der Waals surface area contributed by atoms with Gasteiger partial charge in [-0.05, 0) is 174 Å². The molecule has 14 heteroatoms. The molecule has 0 fully saturated rings. The van der Waals surface area contributed by atoms with Crippen LogP contribution >= 0.6 is 0 Å². The molecule has 2 aliphatic heterocycles. The van der Waals surface area contributed by atoms with Gasteiger partial charge in [-0.15, -0.1) is 0 Å². The van der Waals surface area contributed by atoms with Gasteiger partial charge in [0, 0.05) is 33.5 Å². The van der Waals surface area contributed by atoms with Crippen molar-refractivity contribution in [3.05, 3.63) is 288 Å². The number of carbonyl (C=O) groups is 4. The average molecular weight is 1180 g/mol. The summed E-state index contributed by atoms with van der Waals surface area (Å²) in [4.78, 5) is 62.8. The molecule has 16 rings (SSSR count). The van der Waals surface area contributed by atoms with Gasteiger partial charge in [-0.2, -0.15) is 26.3 Å². The molecule has 0 saturated heterocycles. The van der Waals surface area contributed by atoms with E-state index in [4.69, 9.17) is 0 Å². The quantitative estimate of drug-likeness (QED) is 0.0771. The second-order valence-corrected chi connectivity index (χ2v) is 22.4. The van der Waals surface area contributed by atoms with Crippen molar-refractivity contribution in [3.8, 4) is 0 Å². The standard InChI is InChI=1S/C75H42F6N4O4/c76-74(77,78)73(75(79,80)81,49-25-37-57-61(41-49)71(88)84(69(57)86)55-31-27-53(28-32-55)82(51-13-3-1-4-14-51)63-39-23-47-19-17-43-9-7-11-45-21-35-59(63)67(47)65(43)45)50-26-38-58-62(42-50)72(89)85(70(58)87)56-33-29-54(30-34-56)83(52-15-5-2-6-16-52)64-40-24-48-20-18-44-10-8-12-46-22-36-60(64)68(48)66(44)46/h1-42H. The van der Waals surface area contributed by atoms with Crippen molar-refractivity contribution in [1.29, 1.82) is 0 Å². The van der Waals surface area contributed by atoms with Crippen molar-refractivity contribution in [2.24, 2.45) is 0 Å². The monoisotopic (exact) mass is 1180 g/mol. The Morgan fingerprint density at radius 2 is 0.596 bits per heavy atom. The van der Waals surface area contributed by atoms with Crippen molar-refractivity contribution in [3.63, 3.8) is 0 Å². The average Bonchev–Trinajstić information content (AvgIpc) is 1.75. The fourth-order valence-electron chi connectivity index (χ4n) is 13.7. The van der Waals surface area contributed by atoms with Crippen LogP contribution in [0.4, 0.5) is 71.8 Å². The maximum atomic E-state index is 16.0. The third-order valence-electron chi connectivity index (χ3n) is 17.7. The Hall–Kier alpha value is -11.4. The van der Waals surface area contributed by atoms with Crippen LogP contribution in [0.25, 0.3) is 64.6 Å². The minimum atomic E-state index is -6.17. The largest absolute Gasteiger partial charge is 0.411 e. The summed E-state index contributed by atoms with van der Waals surface area (Å²) in [6.45, 7) is 0. The number of anilines is 8. The lowest BCUT2D eigenvalue weighted by molar-refractivity contribution is -0.288. The molecule has 4 amide bonds. The molecule has 2 aliphatic rings. The summed E-state index contributed by atoms with van der Waals surface area (Å²) in [6, 6.07) is 72.3. The minimum Gasteiger partial charge on any atom is -0.310 e. The first-order valence-electron chi connectivity index (χ1n) is 28.5. The number of amides is 4. The zero-order valence-electron chi connectivity index (χ0n) is 46.4. The van der Waals surface area contributed by atoms with Crippen molar-refractivity contribution in [1.82, 2.24) is 0 Å². The molecule has 0 aliphatic carbocycles. The van der Waals surface area contributed by atoms with Crippen molar-refractivity contribution in [2.45, 2.75) is 17.8 Å². The Kier molecular flexibility index (Phi) is 11.5. The normalized spacial score (nSPS) is 13.8. The van der Waals surface area contributed by atoms with Crippen molar-refractivity contribution >= 4 is 134 Å². The summed E-state index contributed by atoms with van der Waals surface area (Å²) in [5, 5.41) is 12.7. The second-order valence-electron chi connectivity index (χ2n) is 22.4. The summed E-state index contributed by atoms with van der Waals surface area (Å²) in [6.07, 6.45) is -12.3. The first kappa shape index (κ1) is 53.1. The van der Waals surface area contributed by atoms with Gasteiger partial charge >= 0.3 is 12.4 Å². The van der Waals surface area contributed by atoms with Gasteiger partial charge in [-0.25, -0.2) is 9.80 Å². The highest BCUT2D eigenvalue weighted by atomic mass is 19.4.